The van der Waals surface area contributed by atoms with Crippen LogP contribution in [0.15, 0.2) is 0 Å². The Morgan fingerprint density at radius 2 is 2.10 bits per heavy atom. The molecule has 1 heterocycles. The SMILES string of the molecule is CC(C)CC(NC(=O)N1CCCC1CCCO)C(=O)O. The highest BCUT2D eigenvalue weighted by Gasteiger charge is 2.31. The molecule has 6 heteroatoms. The summed E-state index contributed by atoms with van der Waals surface area (Å²) in [6, 6.07) is -1.00. The topological polar surface area (TPSA) is 89.9 Å². The van der Waals surface area contributed by atoms with Crippen molar-refractivity contribution in [3.63, 3.8) is 0 Å². The maximum absolute atomic E-state index is 12.2. The number of aliphatic hydroxyl groups is 1. The molecule has 116 valence electrons. The number of hydrogen-bond donors (Lipinski definition) is 3. The quantitative estimate of drug-likeness (QED) is 0.660. The highest BCUT2D eigenvalue weighted by atomic mass is 16.4. The molecule has 2 amide bonds. The molecule has 1 fully saturated rings. The van der Waals surface area contributed by atoms with E-state index in [1.807, 2.05) is 13.8 Å². The molecule has 2 atom stereocenters. The molecule has 0 aromatic rings. The van der Waals surface area contributed by atoms with Gasteiger partial charge in [0.1, 0.15) is 6.04 Å². The number of rotatable bonds is 7. The summed E-state index contributed by atoms with van der Waals surface area (Å²) in [5, 5.41) is 20.6. The molecule has 20 heavy (non-hydrogen) atoms. The van der Waals surface area contributed by atoms with Gasteiger partial charge in [0.2, 0.25) is 0 Å². The number of carbonyl (C=O) groups is 2. The van der Waals surface area contributed by atoms with Gasteiger partial charge >= 0.3 is 12.0 Å². The van der Waals surface area contributed by atoms with Crippen LogP contribution < -0.4 is 5.32 Å². The van der Waals surface area contributed by atoms with Crippen molar-refractivity contribution in [2.24, 2.45) is 5.92 Å². The van der Waals surface area contributed by atoms with Crippen molar-refractivity contribution in [3.05, 3.63) is 0 Å². The normalized spacial score (nSPS) is 20.2. The summed E-state index contributed by atoms with van der Waals surface area (Å²) in [6.45, 7) is 4.65. The first kappa shape index (κ1) is 16.8. The van der Waals surface area contributed by atoms with Crippen LogP contribution in [0.3, 0.4) is 0 Å². The van der Waals surface area contributed by atoms with Crippen LogP contribution in [-0.2, 0) is 4.79 Å². The summed E-state index contributed by atoms with van der Waals surface area (Å²) < 4.78 is 0. The number of amides is 2. The van der Waals surface area contributed by atoms with Crippen molar-refractivity contribution < 1.29 is 19.8 Å². The third kappa shape index (κ3) is 5.00. The first-order chi connectivity index (χ1) is 9.45. The first-order valence-corrected chi connectivity index (χ1v) is 7.36. The Kier molecular flexibility index (Phi) is 6.78. The van der Waals surface area contributed by atoms with Gasteiger partial charge in [0, 0.05) is 19.2 Å². The van der Waals surface area contributed by atoms with Crippen molar-refractivity contribution in [2.45, 2.75) is 58.0 Å². The molecule has 6 nitrogen and oxygen atoms in total. The van der Waals surface area contributed by atoms with Crippen LogP contribution in [0.4, 0.5) is 4.79 Å². The van der Waals surface area contributed by atoms with Crippen molar-refractivity contribution in [1.29, 1.82) is 0 Å². The lowest BCUT2D eigenvalue weighted by atomic mass is 10.0. The minimum absolute atomic E-state index is 0.121. The maximum Gasteiger partial charge on any atom is 0.326 e. The van der Waals surface area contributed by atoms with E-state index >= 15 is 0 Å². The predicted molar refractivity (Wildman–Crippen MR) is 75.5 cm³/mol. The molecule has 1 rings (SSSR count). The first-order valence-electron chi connectivity index (χ1n) is 7.36. The van der Waals surface area contributed by atoms with Crippen LogP contribution in [0, 0.1) is 5.92 Å². The van der Waals surface area contributed by atoms with Crippen LogP contribution in [0.25, 0.3) is 0 Å². The lowest BCUT2D eigenvalue weighted by molar-refractivity contribution is -0.139. The zero-order valence-electron chi connectivity index (χ0n) is 12.3. The van der Waals surface area contributed by atoms with E-state index in [-0.39, 0.29) is 24.6 Å². The third-order valence-corrected chi connectivity index (χ3v) is 3.64. The number of likely N-dealkylation sites (tertiary alicyclic amines) is 1. The van der Waals surface area contributed by atoms with Crippen LogP contribution in [-0.4, -0.2) is 52.3 Å². The average molecular weight is 286 g/mol. The van der Waals surface area contributed by atoms with Gasteiger partial charge in [-0.1, -0.05) is 13.8 Å². The highest BCUT2D eigenvalue weighted by Crippen LogP contribution is 2.21. The highest BCUT2D eigenvalue weighted by molar-refractivity contribution is 5.82. The molecule has 0 radical (unpaired) electrons. The van der Waals surface area contributed by atoms with Gasteiger partial charge in [-0.3, -0.25) is 0 Å². The Balaban J connectivity index is 2.56. The maximum atomic E-state index is 12.2. The number of nitrogens with zero attached hydrogens (tertiary/aromatic N) is 1. The Labute approximate surface area is 120 Å². The average Bonchev–Trinajstić information content (AvgIpc) is 2.83. The Bertz CT molecular complexity index is 333. The molecule has 2 unspecified atom stereocenters. The lowest BCUT2D eigenvalue weighted by Crippen LogP contribution is -2.49. The summed E-state index contributed by atoms with van der Waals surface area (Å²) in [6.07, 6.45) is 3.73. The fraction of sp³-hybridized carbons (Fsp3) is 0.857. The number of urea groups is 1. The number of aliphatic hydroxyl groups excluding tert-OH is 1. The van der Waals surface area contributed by atoms with E-state index in [4.69, 9.17) is 10.2 Å². The van der Waals surface area contributed by atoms with E-state index < -0.39 is 12.0 Å². The van der Waals surface area contributed by atoms with Crippen molar-refractivity contribution >= 4 is 12.0 Å². The van der Waals surface area contributed by atoms with E-state index in [0.717, 1.165) is 19.3 Å². The summed E-state index contributed by atoms with van der Waals surface area (Å²) in [4.78, 5) is 25.1. The van der Waals surface area contributed by atoms with Crippen LogP contribution in [0.1, 0.15) is 46.0 Å². The number of carbonyl (C=O) groups excluding carboxylic acids is 1. The van der Waals surface area contributed by atoms with Crippen molar-refractivity contribution in [2.75, 3.05) is 13.2 Å². The van der Waals surface area contributed by atoms with Gasteiger partial charge in [0.25, 0.3) is 0 Å². The summed E-state index contributed by atoms with van der Waals surface area (Å²) in [5.74, 6) is -0.779. The molecular formula is C14H26N2O4. The molecular weight excluding hydrogens is 260 g/mol. The summed E-state index contributed by atoms with van der Waals surface area (Å²) >= 11 is 0. The van der Waals surface area contributed by atoms with Gasteiger partial charge in [-0.05, 0) is 38.0 Å². The minimum Gasteiger partial charge on any atom is -0.480 e. The zero-order valence-corrected chi connectivity index (χ0v) is 12.3. The van der Waals surface area contributed by atoms with Gasteiger partial charge < -0.3 is 20.4 Å². The van der Waals surface area contributed by atoms with E-state index in [1.165, 1.54) is 0 Å². The number of carboxylic acid groups (broad SMARTS) is 1. The number of carboxylic acids is 1. The number of hydrogen-bond acceptors (Lipinski definition) is 3. The monoisotopic (exact) mass is 286 g/mol. The Hall–Kier alpha value is -1.30. The van der Waals surface area contributed by atoms with E-state index in [1.54, 1.807) is 4.90 Å². The second-order valence-electron chi connectivity index (χ2n) is 5.83. The molecule has 1 aliphatic rings. The Morgan fingerprint density at radius 1 is 1.40 bits per heavy atom. The van der Waals surface area contributed by atoms with E-state index in [9.17, 15) is 9.59 Å². The fourth-order valence-corrected chi connectivity index (χ4v) is 2.65. The second-order valence-corrected chi connectivity index (χ2v) is 5.83. The summed E-state index contributed by atoms with van der Waals surface area (Å²) in [7, 11) is 0. The zero-order chi connectivity index (χ0) is 15.1. The molecule has 0 bridgehead atoms. The number of aliphatic carboxylic acids is 1. The Morgan fingerprint density at radius 3 is 2.65 bits per heavy atom. The summed E-state index contributed by atoms with van der Waals surface area (Å²) in [5.41, 5.74) is 0. The van der Waals surface area contributed by atoms with Crippen LogP contribution in [0.5, 0.6) is 0 Å². The standard InChI is InChI=1S/C14H26N2O4/c1-10(2)9-12(13(18)19)15-14(20)16-7-3-5-11(16)6-4-8-17/h10-12,17H,3-9H2,1-2H3,(H,15,20)(H,18,19). The smallest absolute Gasteiger partial charge is 0.326 e. The molecule has 1 saturated heterocycles. The lowest BCUT2D eigenvalue weighted by Gasteiger charge is -2.27. The molecule has 0 aromatic heterocycles. The molecule has 1 aliphatic heterocycles. The van der Waals surface area contributed by atoms with Crippen molar-refractivity contribution in [3.8, 4) is 0 Å². The molecule has 0 aliphatic carbocycles. The van der Waals surface area contributed by atoms with E-state index in [2.05, 4.69) is 5.32 Å². The number of nitrogens with one attached hydrogen (secondary N) is 1. The molecule has 0 spiro atoms. The van der Waals surface area contributed by atoms with Gasteiger partial charge in [-0.25, -0.2) is 9.59 Å². The third-order valence-electron chi connectivity index (χ3n) is 3.64. The van der Waals surface area contributed by atoms with Crippen molar-refractivity contribution in [1.82, 2.24) is 10.2 Å². The largest absolute Gasteiger partial charge is 0.480 e. The fourth-order valence-electron chi connectivity index (χ4n) is 2.65. The van der Waals surface area contributed by atoms with Gasteiger partial charge in [0.05, 0.1) is 0 Å². The predicted octanol–water partition coefficient (Wildman–Crippen LogP) is 1.43. The molecule has 3 N–H and O–H groups in total. The minimum atomic E-state index is -0.988. The van der Waals surface area contributed by atoms with E-state index in [0.29, 0.717) is 19.4 Å². The second kappa shape index (κ2) is 8.09. The van der Waals surface area contributed by atoms with Gasteiger partial charge in [-0.15, -0.1) is 0 Å². The van der Waals surface area contributed by atoms with Gasteiger partial charge in [-0.2, -0.15) is 0 Å². The molecule has 0 aromatic carbocycles. The van der Waals surface area contributed by atoms with Gasteiger partial charge in [0.15, 0.2) is 0 Å². The van der Waals surface area contributed by atoms with Crippen LogP contribution >= 0.6 is 0 Å². The molecule has 0 saturated carbocycles. The van der Waals surface area contributed by atoms with Crippen LogP contribution in [0.2, 0.25) is 0 Å².